The van der Waals surface area contributed by atoms with E-state index < -0.39 is 5.60 Å². The van der Waals surface area contributed by atoms with Crippen molar-refractivity contribution in [2.45, 2.75) is 70.9 Å². The molecule has 2 fully saturated rings. The number of amides is 2. The number of nitrogens with zero attached hydrogens (tertiary/aromatic N) is 4. The molecule has 0 aromatic carbocycles. The quantitative estimate of drug-likeness (QED) is 0.835. The van der Waals surface area contributed by atoms with Gasteiger partial charge in [0.2, 0.25) is 5.91 Å². The minimum absolute atomic E-state index is 0.114. The van der Waals surface area contributed by atoms with E-state index >= 15 is 0 Å². The average molecular weight is 363 g/mol. The predicted molar refractivity (Wildman–Crippen MR) is 95.5 cm³/mol. The fourth-order valence-corrected chi connectivity index (χ4v) is 3.86. The summed E-state index contributed by atoms with van der Waals surface area (Å²) in [6, 6.07) is 0.205. The van der Waals surface area contributed by atoms with E-state index in [1.165, 1.54) is 0 Å². The molecule has 3 rings (SSSR count). The Morgan fingerprint density at radius 2 is 2.12 bits per heavy atom. The summed E-state index contributed by atoms with van der Waals surface area (Å²) in [6.45, 7) is 7.95. The third kappa shape index (κ3) is 3.99. The van der Waals surface area contributed by atoms with Crippen LogP contribution in [0.5, 0.6) is 0 Å². The van der Waals surface area contributed by atoms with Gasteiger partial charge in [0.15, 0.2) is 5.82 Å². The minimum atomic E-state index is -0.420. The van der Waals surface area contributed by atoms with Crippen LogP contribution in [0.3, 0.4) is 0 Å². The largest absolute Gasteiger partial charge is 0.441 e. The number of carbonyl (C=O) groups is 2. The second kappa shape index (κ2) is 7.63. The molecule has 2 saturated heterocycles. The number of nitrogens with one attached hydrogen (secondary N) is 1. The summed E-state index contributed by atoms with van der Waals surface area (Å²) < 4.78 is 5.75. The fraction of sp³-hybridized carbons (Fsp3) is 0.778. The van der Waals surface area contributed by atoms with Gasteiger partial charge in [-0.2, -0.15) is 5.10 Å². The molecule has 0 aliphatic carbocycles. The van der Waals surface area contributed by atoms with Crippen LogP contribution in [0.4, 0.5) is 4.79 Å². The van der Waals surface area contributed by atoms with E-state index in [1.54, 1.807) is 0 Å². The Hall–Kier alpha value is -2.12. The van der Waals surface area contributed by atoms with Crippen LogP contribution in [-0.4, -0.2) is 68.3 Å². The Balaban J connectivity index is 1.49. The number of carbonyl (C=O) groups excluding carboxylic acids is 2. The summed E-state index contributed by atoms with van der Waals surface area (Å²) in [4.78, 5) is 32.7. The zero-order chi connectivity index (χ0) is 18.7. The lowest BCUT2D eigenvalue weighted by atomic mass is 9.90. The first-order valence-electron chi connectivity index (χ1n) is 9.58. The monoisotopic (exact) mass is 363 g/mol. The molecule has 144 valence electrons. The molecule has 26 heavy (non-hydrogen) atoms. The Kier molecular flexibility index (Phi) is 5.48. The Labute approximate surface area is 154 Å². The summed E-state index contributed by atoms with van der Waals surface area (Å²) in [7, 11) is 0. The van der Waals surface area contributed by atoms with Crippen LogP contribution in [0.2, 0.25) is 0 Å². The number of H-pyrrole nitrogens is 1. The second-order valence-corrected chi connectivity index (χ2v) is 7.53. The maximum Gasteiger partial charge on any atom is 0.410 e. The lowest BCUT2D eigenvalue weighted by Gasteiger charge is -2.37. The normalized spacial score (nSPS) is 20.5. The molecule has 0 radical (unpaired) electrons. The molecule has 1 atom stereocenters. The zero-order valence-corrected chi connectivity index (χ0v) is 16.0. The number of likely N-dealkylation sites (tertiary alicyclic amines) is 1. The van der Waals surface area contributed by atoms with E-state index in [0.717, 1.165) is 18.7 Å². The summed E-state index contributed by atoms with van der Waals surface area (Å²) in [5.74, 6) is 1.55. The van der Waals surface area contributed by atoms with Crippen molar-refractivity contribution in [3.63, 3.8) is 0 Å². The van der Waals surface area contributed by atoms with Gasteiger partial charge < -0.3 is 14.5 Å². The van der Waals surface area contributed by atoms with E-state index in [2.05, 4.69) is 29.0 Å². The van der Waals surface area contributed by atoms with Gasteiger partial charge >= 0.3 is 6.09 Å². The van der Waals surface area contributed by atoms with Crippen molar-refractivity contribution in [3.8, 4) is 0 Å². The highest BCUT2D eigenvalue weighted by molar-refractivity contribution is 5.76. The van der Waals surface area contributed by atoms with E-state index in [4.69, 9.17) is 4.74 Å². The fourth-order valence-electron chi connectivity index (χ4n) is 3.86. The molecule has 2 amide bonds. The second-order valence-electron chi connectivity index (χ2n) is 7.53. The van der Waals surface area contributed by atoms with Gasteiger partial charge in [0.1, 0.15) is 11.4 Å². The van der Waals surface area contributed by atoms with Crippen LogP contribution >= 0.6 is 0 Å². The SMILES string of the molecule is CCC[C@@H](C)N1CC2(CCN(C(=O)CCc3n[nH]c(C)n3)CC2)OC1=O. The van der Waals surface area contributed by atoms with Crippen molar-refractivity contribution in [2.24, 2.45) is 0 Å². The van der Waals surface area contributed by atoms with Gasteiger partial charge in [-0.05, 0) is 20.3 Å². The molecule has 0 saturated carbocycles. The molecule has 8 heteroatoms. The summed E-state index contributed by atoms with van der Waals surface area (Å²) >= 11 is 0. The van der Waals surface area contributed by atoms with Crippen LogP contribution in [0, 0.1) is 6.92 Å². The summed E-state index contributed by atoms with van der Waals surface area (Å²) in [6.07, 6.45) is 4.19. The maximum atomic E-state index is 12.4. The highest BCUT2D eigenvalue weighted by atomic mass is 16.6. The van der Waals surface area contributed by atoms with Gasteiger partial charge in [-0.15, -0.1) is 0 Å². The Morgan fingerprint density at radius 1 is 1.38 bits per heavy atom. The van der Waals surface area contributed by atoms with Crippen LogP contribution in [-0.2, 0) is 16.0 Å². The minimum Gasteiger partial charge on any atom is -0.441 e. The molecule has 8 nitrogen and oxygen atoms in total. The molecule has 1 N–H and O–H groups in total. The molecule has 2 aliphatic heterocycles. The number of piperidine rings is 1. The zero-order valence-electron chi connectivity index (χ0n) is 16.0. The summed E-state index contributed by atoms with van der Waals surface area (Å²) in [5, 5.41) is 6.86. The highest BCUT2D eigenvalue weighted by Gasteiger charge is 2.48. The van der Waals surface area contributed by atoms with Gasteiger partial charge in [0, 0.05) is 44.8 Å². The Bertz CT molecular complexity index is 651. The van der Waals surface area contributed by atoms with Gasteiger partial charge in [-0.3, -0.25) is 9.89 Å². The van der Waals surface area contributed by atoms with Gasteiger partial charge in [-0.1, -0.05) is 13.3 Å². The Morgan fingerprint density at radius 3 is 2.73 bits per heavy atom. The highest BCUT2D eigenvalue weighted by Crippen LogP contribution is 2.34. The van der Waals surface area contributed by atoms with Gasteiger partial charge in [0.25, 0.3) is 0 Å². The number of rotatable bonds is 6. The molecule has 2 aliphatic rings. The van der Waals surface area contributed by atoms with Crippen molar-refractivity contribution in [1.82, 2.24) is 25.0 Å². The van der Waals surface area contributed by atoms with Gasteiger partial charge in [0.05, 0.1) is 6.54 Å². The molecule has 1 spiro atoms. The number of aromatic amines is 1. The maximum absolute atomic E-state index is 12.4. The van der Waals surface area contributed by atoms with Crippen molar-refractivity contribution < 1.29 is 14.3 Å². The number of aromatic nitrogens is 3. The van der Waals surface area contributed by atoms with Crippen molar-refractivity contribution in [3.05, 3.63) is 11.6 Å². The first-order chi connectivity index (χ1) is 12.4. The molecule has 0 unspecified atom stereocenters. The van der Waals surface area contributed by atoms with E-state index in [9.17, 15) is 9.59 Å². The van der Waals surface area contributed by atoms with Crippen molar-refractivity contribution in [1.29, 1.82) is 0 Å². The summed E-state index contributed by atoms with van der Waals surface area (Å²) in [5.41, 5.74) is -0.420. The standard InChI is InChI=1S/C18H29N5O3/c1-4-5-13(2)23-12-18(26-17(23)25)8-10-22(11-9-18)16(24)7-6-15-19-14(3)20-21-15/h13H,4-12H2,1-3H3,(H,19,20,21)/t13-/m1/s1. The van der Waals surface area contributed by atoms with Crippen molar-refractivity contribution >= 4 is 12.0 Å². The van der Waals surface area contributed by atoms with Crippen molar-refractivity contribution in [2.75, 3.05) is 19.6 Å². The topological polar surface area (TPSA) is 91.4 Å². The third-order valence-electron chi connectivity index (χ3n) is 5.47. The van der Waals surface area contributed by atoms with E-state index in [0.29, 0.717) is 51.1 Å². The first kappa shape index (κ1) is 18.7. The van der Waals surface area contributed by atoms with Crippen LogP contribution < -0.4 is 0 Å². The number of aryl methyl sites for hydroxylation is 2. The average Bonchev–Trinajstić information content (AvgIpc) is 3.17. The molecule has 3 heterocycles. The van der Waals surface area contributed by atoms with Crippen LogP contribution in [0.25, 0.3) is 0 Å². The third-order valence-corrected chi connectivity index (χ3v) is 5.47. The molecular weight excluding hydrogens is 334 g/mol. The lowest BCUT2D eigenvalue weighted by molar-refractivity contribution is -0.134. The van der Waals surface area contributed by atoms with E-state index in [-0.39, 0.29) is 18.0 Å². The predicted octanol–water partition coefficient (Wildman–Crippen LogP) is 2.05. The lowest BCUT2D eigenvalue weighted by Crippen LogP contribution is -2.49. The molecule has 1 aromatic rings. The van der Waals surface area contributed by atoms with Crippen LogP contribution in [0.1, 0.15) is 57.6 Å². The number of hydrogen-bond acceptors (Lipinski definition) is 5. The van der Waals surface area contributed by atoms with Gasteiger partial charge in [-0.25, -0.2) is 9.78 Å². The first-order valence-corrected chi connectivity index (χ1v) is 9.58. The molecule has 1 aromatic heterocycles. The number of ether oxygens (including phenoxy) is 1. The van der Waals surface area contributed by atoms with Crippen LogP contribution in [0.15, 0.2) is 0 Å². The molecular formula is C18H29N5O3. The number of hydrogen-bond donors (Lipinski definition) is 1. The smallest absolute Gasteiger partial charge is 0.410 e. The van der Waals surface area contributed by atoms with E-state index in [1.807, 2.05) is 16.7 Å². The molecule has 0 bridgehead atoms.